The number of nitrogens with zero attached hydrogens (tertiary/aromatic N) is 5. The fraction of sp³-hybridized carbons (Fsp3) is 0.538. The summed E-state index contributed by atoms with van der Waals surface area (Å²) >= 11 is 1.19. The predicted octanol–water partition coefficient (Wildman–Crippen LogP) is 1.05. The van der Waals surface area contributed by atoms with Crippen molar-refractivity contribution >= 4 is 17.4 Å². The van der Waals surface area contributed by atoms with Crippen molar-refractivity contribution in [3.05, 3.63) is 28.5 Å². The molecular weight excluding hydrogens is 290 g/mol. The molecule has 1 unspecified atom stereocenters. The third kappa shape index (κ3) is 2.81. The predicted molar refractivity (Wildman–Crippen MR) is 77.1 cm³/mol. The Morgan fingerprint density at radius 2 is 2.43 bits per heavy atom. The van der Waals surface area contributed by atoms with Crippen LogP contribution in [0.4, 0.5) is 0 Å². The van der Waals surface area contributed by atoms with Gasteiger partial charge in [0.15, 0.2) is 5.69 Å². The number of hydrogen-bond acceptors (Lipinski definition) is 6. The molecule has 1 amide bonds. The second kappa shape index (κ2) is 5.90. The molecule has 0 N–H and O–H groups in total. The minimum atomic E-state index is -0.0836. The second-order valence-corrected chi connectivity index (χ2v) is 5.66. The minimum absolute atomic E-state index is 0.0836. The molecule has 0 saturated carbocycles. The van der Waals surface area contributed by atoms with Crippen LogP contribution in [0.25, 0.3) is 0 Å². The number of carbonyl (C=O) groups excluding carboxylic acids is 1. The molecule has 3 heterocycles. The highest BCUT2D eigenvalue weighted by molar-refractivity contribution is 7.03. The van der Waals surface area contributed by atoms with E-state index in [1.54, 1.807) is 15.0 Å². The Morgan fingerprint density at radius 1 is 1.57 bits per heavy atom. The lowest BCUT2D eigenvalue weighted by Gasteiger charge is -2.31. The number of aromatic nitrogens is 4. The minimum Gasteiger partial charge on any atom is -0.381 e. The molecule has 0 fully saturated rings. The van der Waals surface area contributed by atoms with Gasteiger partial charge in [-0.3, -0.25) is 9.48 Å². The zero-order valence-corrected chi connectivity index (χ0v) is 12.8. The van der Waals surface area contributed by atoms with Gasteiger partial charge in [0.2, 0.25) is 0 Å². The van der Waals surface area contributed by atoms with Gasteiger partial charge in [-0.1, -0.05) is 4.49 Å². The van der Waals surface area contributed by atoms with Gasteiger partial charge < -0.3 is 9.64 Å². The largest absolute Gasteiger partial charge is 0.381 e. The summed E-state index contributed by atoms with van der Waals surface area (Å²) in [5, 5.41) is 10.1. The van der Waals surface area contributed by atoms with Gasteiger partial charge >= 0.3 is 0 Å². The summed E-state index contributed by atoms with van der Waals surface area (Å²) in [6, 6.07) is 0. The lowest BCUT2D eigenvalue weighted by Crippen LogP contribution is -2.39. The molecule has 7 nitrogen and oxygen atoms in total. The van der Waals surface area contributed by atoms with Crippen LogP contribution < -0.4 is 0 Å². The Hall–Kier alpha value is -1.80. The van der Waals surface area contributed by atoms with E-state index in [1.165, 1.54) is 11.5 Å². The van der Waals surface area contributed by atoms with E-state index < -0.39 is 0 Å². The highest BCUT2D eigenvalue weighted by atomic mass is 32.1. The van der Waals surface area contributed by atoms with Crippen LogP contribution in [0.1, 0.15) is 34.6 Å². The van der Waals surface area contributed by atoms with E-state index >= 15 is 0 Å². The number of fused-ring (bicyclic) bond motifs is 1. The lowest BCUT2D eigenvalue weighted by molar-refractivity contribution is 0.0646. The fourth-order valence-electron chi connectivity index (χ4n) is 2.61. The van der Waals surface area contributed by atoms with Crippen molar-refractivity contribution in [1.29, 1.82) is 0 Å². The van der Waals surface area contributed by atoms with Crippen LogP contribution in [0.15, 0.2) is 11.6 Å². The maximum atomic E-state index is 12.5. The molecule has 112 valence electrons. The molecule has 21 heavy (non-hydrogen) atoms. The molecule has 0 radical (unpaired) electrons. The van der Waals surface area contributed by atoms with Crippen LogP contribution in [0.2, 0.25) is 0 Å². The molecule has 8 heteroatoms. The number of aryl methyl sites for hydroxylation is 1. The monoisotopic (exact) mass is 307 g/mol. The molecule has 2 aromatic rings. The average Bonchev–Trinajstić information content (AvgIpc) is 3.11. The molecule has 0 bridgehead atoms. The number of rotatable bonds is 4. The zero-order chi connectivity index (χ0) is 14.8. The topological polar surface area (TPSA) is 73.1 Å². The second-order valence-electron chi connectivity index (χ2n) is 5.05. The third-order valence-electron chi connectivity index (χ3n) is 3.52. The Labute approximate surface area is 126 Å². The maximum absolute atomic E-state index is 12.5. The first-order chi connectivity index (χ1) is 10.2. The van der Waals surface area contributed by atoms with Gasteiger partial charge in [0, 0.05) is 49.8 Å². The number of ether oxygens (including phenoxy) is 1. The molecule has 1 aliphatic rings. The zero-order valence-electron chi connectivity index (χ0n) is 12.0. The van der Waals surface area contributed by atoms with Crippen molar-refractivity contribution in [3.8, 4) is 0 Å². The first kappa shape index (κ1) is 14.2. The van der Waals surface area contributed by atoms with E-state index in [4.69, 9.17) is 4.74 Å². The van der Waals surface area contributed by atoms with Crippen molar-refractivity contribution < 1.29 is 9.53 Å². The van der Waals surface area contributed by atoms with E-state index in [2.05, 4.69) is 14.7 Å². The molecule has 3 rings (SSSR count). The first-order valence-corrected chi connectivity index (χ1v) is 7.69. The van der Waals surface area contributed by atoms with E-state index in [9.17, 15) is 4.79 Å². The highest BCUT2D eigenvalue weighted by Crippen LogP contribution is 2.28. The molecule has 1 atom stereocenters. The van der Waals surface area contributed by atoms with Gasteiger partial charge in [-0.25, -0.2) is 0 Å². The Balaban J connectivity index is 1.84. The van der Waals surface area contributed by atoms with E-state index in [0.717, 1.165) is 11.3 Å². The summed E-state index contributed by atoms with van der Waals surface area (Å²) in [6.45, 7) is 4.34. The van der Waals surface area contributed by atoms with Gasteiger partial charge in [0.1, 0.15) is 0 Å². The van der Waals surface area contributed by atoms with Crippen LogP contribution in [0.3, 0.4) is 0 Å². The van der Waals surface area contributed by atoms with Crippen LogP contribution in [-0.4, -0.2) is 49.9 Å². The summed E-state index contributed by atoms with van der Waals surface area (Å²) in [4.78, 5) is 14.3. The van der Waals surface area contributed by atoms with Crippen molar-refractivity contribution in [1.82, 2.24) is 24.3 Å². The van der Waals surface area contributed by atoms with Crippen molar-refractivity contribution in [2.45, 2.75) is 19.4 Å². The van der Waals surface area contributed by atoms with Crippen LogP contribution in [0.5, 0.6) is 0 Å². The molecule has 0 aliphatic carbocycles. The molecule has 0 spiro atoms. The molecule has 1 aliphatic heterocycles. The molecule has 2 aromatic heterocycles. The highest BCUT2D eigenvalue weighted by Gasteiger charge is 2.32. The third-order valence-corrected chi connectivity index (χ3v) is 4.02. The van der Waals surface area contributed by atoms with Gasteiger partial charge in [0.25, 0.3) is 5.91 Å². The lowest BCUT2D eigenvalue weighted by atomic mass is 9.97. The van der Waals surface area contributed by atoms with Gasteiger partial charge in [-0.15, -0.1) is 5.10 Å². The average molecular weight is 307 g/mol. The SMILES string of the molecule is CCOCC1CN(C(=O)c2csnn2)Cc2cn(C)nc21. The number of hydrogen-bond donors (Lipinski definition) is 0. The van der Waals surface area contributed by atoms with Crippen molar-refractivity contribution in [3.63, 3.8) is 0 Å². The molecule has 0 aromatic carbocycles. The summed E-state index contributed by atoms with van der Waals surface area (Å²) in [6.07, 6.45) is 1.97. The normalized spacial score (nSPS) is 17.8. The summed E-state index contributed by atoms with van der Waals surface area (Å²) in [5.74, 6) is 0.0187. The van der Waals surface area contributed by atoms with Crippen LogP contribution >= 0.6 is 11.5 Å². The summed E-state index contributed by atoms with van der Waals surface area (Å²) in [7, 11) is 1.90. The summed E-state index contributed by atoms with van der Waals surface area (Å²) in [5.41, 5.74) is 2.51. The van der Waals surface area contributed by atoms with E-state index in [1.807, 2.05) is 20.2 Å². The van der Waals surface area contributed by atoms with Gasteiger partial charge in [-0.05, 0) is 18.5 Å². The summed E-state index contributed by atoms with van der Waals surface area (Å²) < 4.78 is 11.1. The maximum Gasteiger partial charge on any atom is 0.275 e. The quantitative estimate of drug-likeness (QED) is 0.844. The van der Waals surface area contributed by atoms with E-state index in [0.29, 0.717) is 32.0 Å². The number of amides is 1. The smallest absolute Gasteiger partial charge is 0.275 e. The Bertz CT molecular complexity index is 625. The Morgan fingerprint density at radius 3 is 3.14 bits per heavy atom. The van der Waals surface area contributed by atoms with Gasteiger partial charge in [-0.2, -0.15) is 5.10 Å². The number of carbonyl (C=O) groups is 1. The van der Waals surface area contributed by atoms with Crippen molar-refractivity contribution in [2.75, 3.05) is 19.8 Å². The van der Waals surface area contributed by atoms with Crippen LogP contribution in [-0.2, 0) is 18.3 Å². The van der Waals surface area contributed by atoms with Crippen LogP contribution in [0, 0.1) is 0 Å². The standard InChI is InChI=1S/C13H17N5O2S/c1-3-20-7-10-6-18(13(19)11-8-21-16-14-11)5-9-4-17(2)15-12(9)10/h4,8,10H,3,5-7H2,1-2H3. The van der Waals surface area contributed by atoms with Crippen molar-refractivity contribution in [2.24, 2.45) is 7.05 Å². The Kier molecular flexibility index (Phi) is 3.98. The fourth-order valence-corrected chi connectivity index (χ4v) is 3.04. The van der Waals surface area contributed by atoms with Gasteiger partial charge in [0.05, 0.1) is 12.3 Å². The molecular formula is C13H17N5O2S. The first-order valence-electron chi connectivity index (χ1n) is 6.85. The molecule has 0 saturated heterocycles. The van der Waals surface area contributed by atoms with E-state index in [-0.39, 0.29) is 11.8 Å².